The van der Waals surface area contributed by atoms with Crippen molar-refractivity contribution < 1.29 is 0 Å². The van der Waals surface area contributed by atoms with E-state index < -0.39 is 0 Å². The van der Waals surface area contributed by atoms with Gasteiger partial charge in [-0.05, 0) is 27.2 Å². The molecule has 4 N–H and O–H groups in total. The van der Waals surface area contributed by atoms with Crippen molar-refractivity contribution >= 4 is 11.6 Å². The molecule has 0 atom stereocenters. The second-order valence-corrected chi connectivity index (χ2v) is 4.83. The van der Waals surface area contributed by atoms with Crippen LogP contribution in [0.2, 0.25) is 0 Å². The van der Waals surface area contributed by atoms with Crippen LogP contribution in [0, 0.1) is 6.92 Å². The minimum Gasteiger partial charge on any atom is -0.370 e. The number of aromatic nitrogens is 2. The first-order chi connectivity index (χ1) is 7.96. The van der Waals surface area contributed by atoms with Crippen molar-refractivity contribution in [2.24, 2.45) is 5.73 Å². The lowest BCUT2D eigenvalue weighted by Gasteiger charge is -2.25. The van der Waals surface area contributed by atoms with Crippen molar-refractivity contribution in [3.63, 3.8) is 0 Å². The van der Waals surface area contributed by atoms with E-state index in [2.05, 4.69) is 27.5 Å². The summed E-state index contributed by atoms with van der Waals surface area (Å²) in [6, 6.07) is 1.92. The summed E-state index contributed by atoms with van der Waals surface area (Å²) in [6.07, 6.45) is 1.07. The molecule has 1 heterocycles. The molecule has 0 bridgehead atoms. The van der Waals surface area contributed by atoms with Gasteiger partial charge in [-0.15, -0.1) is 0 Å². The predicted octanol–water partition coefficient (Wildman–Crippen LogP) is 1.76. The number of rotatable bonds is 6. The van der Waals surface area contributed by atoms with Gasteiger partial charge in [0.15, 0.2) is 0 Å². The van der Waals surface area contributed by atoms with E-state index >= 15 is 0 Å². The first-order valence-corrected chi connectivity index (χ1v) is 6.04. The van der Waals surface area contributed by atoms with Crippen molar-refractivity contribution in [2.45, 2.75) is 39.7 Å². The van der Waals surface area contributed by atoms with Crippen LogP contribution < -0.4 is 16.4 Å². The van der Waals surface area contributed by atoms with Gasteiger partial charge >= 0.3 is 0 Å². The molecular weight excluding hydrogens is 214 g/mol. The number of nitrogens with one attached hydrogen (secondary N) is 2. The molecule has 0 aliphatic heterocycles. The van der Waals surface area contributed by atoms with Gasteiger partial charge in [0.1, 0.15) is 17.5 Å². The Morgan fingerprint density at radius 1 is 1.29 bits per heavy atom. The van der Waals surface area contributed by atoms with Crippen molar-refractivity contribution in [1.82, 2.24) is 9.97 Å². The van der Waals surface area contributed by atoms with Crippen LogP contribution in [-0.4, -0.2) is 28.6 Å². The molecule has 5 heteroatoms. The fourth-order valence-electron chi connectivity index (χ4n) is 1.37. The lowest BCUT2D eigenvalue weighted by Crippen LogP contribution is -2.39. The second kappa shape index (κ2) is 5.82. The Morgan fingerprint density at radius 3 is 2.53 bits per heavy atom. The van der Waals surface area contributed by atoms with Crippen LogP contribution >= 0.6 is 0 Å². The first kappa shape index (κ1) is 13.7. The average Bonchev–Trinajstić information content (AvgIpc) is 2.25. The van der Waals surface area contributed by atoms with Crippen molar-refractivity contribution in [3.05, 3.63) is 11.9 Å². The van der Waals surface area contributed by atoms with Crippen LogP contribution in [0.15, 0.2) is 6.07 Å². The van der Waals surface area contributed by atoms with Crippen molar-refractivity contribution in [1.29, 1.82) is 0 Å². The molecule has 0 saturated carbocycles. The monoisotopic (exact) mass is 237 g/mol. The van der Waals surface area contributed by atoms with E-state index in [4.69, 9.17) is 5.73 Å². The zero-order valence-corrected chi connectivity index (χ0v) is 11.2. The SMILES string of the molecule is CCCNc1cc(NC(C)(C)CN)nc(C)n1. The Morgan fingerprint density at radius 2 is 1.94 bits per heavy atom. The Labute approximate surface area is 103 Å². The summed E-state index contributed by atoms with van der Waals surface area (Å²) >= 11 is 0. The maximum atomic E-state index is 5.69. The highest BCUT2D eigenvalue weighted by Crippen LogP contribution is 2.15. The number of nitrogens with two attached hydrogens (primary N) is 1. The van der Waals surface area contributed by atoms with Gasteiger partial charge in [0, 0.05) is 24.7 Å². The van der Waals surface area contributed by atoms with E-state index in [1.165, 1.54) is 0 Å². The van der Waals surface area contributed by atoms with Crippen LogP contribution in [0.3, 0.4) is 0 Å². The fraction of sp³-hybridized carbons (Fsp3) is 0.667. The standard InChI is InChI=1S/C12H23N5/c1-5-6-14-10-7-11(16-9(2)15-10)17-12(3,4)8-13/h7H,5-6,8,13H2,1-4H3,(H2,14,15,16,17). The van der Waals surface area contributed by atoms with Crippen LogP contribution in [0.1, 0.15) is 33.0 Å². The molecule has 0 saturated heterocycles. The third-order valence-electron chi connectivity index (χ3n) is 2.37. The molecule has 0 aromatic carbocycles. The van der Waals surface area contributed by atoms with Gasteiger partial charge in [0.25, 0.3) is 0 Å². The molecule has 0 fully saturated rings. The van der Waals surface area contributed by atoms with Gasteiger partial charge in [-0.2, -0.15) is 0 Å². The van der Waals surface area contributed by atoms with Gasteiger partial charge < -0.3 is 16.4 Å². The van der Waals surface area contributed by atoms with Gasteiger partial charge in [-0.3, -0.25) is 0 Å². The van der Waals surface area contributed by atoms with Crippen molar-refractivity contribution in [3.8, 4) is 0 Å². The molecule has 5 nitrogen and oxygen atoms in total. The third kappa shape index (κ3) is 4.56. The summed E-state index contributed by atoms with van der Waals surface area (Å²) in [5, 5.41) is 6.57. The highest BCUT2D eigenvalue weighted by atomic mass is 15.1. The van der Waals surface area contributed by atoms with E-state index in [0.717, 1.165) is 30.4 Å². The first-order valence-electron chi connectivity index (χ1n) is 6.04. The van der Waals surface area contributed by atoms with Crippen LogP contribution in [0.25, 0.3) is 0 Å². The Kier molecular flexibility index (Phi) is 4.69. The van der Waals surface area contributed by atoms with Gasteiger partial charge in [0.05, 0.1) is 0 Å². The lowest BCUT2D eigenvalue weighted by atomic mass is 10.1. The average molecular weight is 237 g/mol. The molecule has 96 valence electrons. The molecule has 17 heavy (non-hydrogen) atoms. The zero-order valence-electron chi connectivity index (χ0n) is 11.2. The molecule has 1 rings (SSSR count). The number of nitrogens with zero attached hydrogens (tertiary/aromatic N) is 2. The van der Waals surface area contributed by atoms with Crippen LogP contribution in [0.4, 0.5) is 11.6 Å². The summed E-state index contributed by atoms with van der Waals surface area (Å²) in [7, 11) is 0. The Bertz CT molecular complexity index is 362. The number of hydrogen-bond donors (Lipinski definition) is 3. The van der Waals surface area contributed by atoms with E-state index in [9.17, 15) is 0 Å². The predicted molar refractivity (Wildman–Crippen MR) is 72.3 cm³/mol. The summed E-state index contributed by atoms with van der Waals surface area (Å²) in [6.45, 7) is 9.56. The minimum atomic E-state index is -0.164. The summed E-state index contributed by atoms with van der Waals surface area (Å²) in [5.41, 5.74) is 5.53. The molecule has 0 spiro atoms. The quantitative estimate of drug-likeness (QED) is 0.703. The highest BCUT2D eigenvalue weighted by Gasteiger charge is 2.16. The van der Waals surface area contributed by atoms with Crippen molar-refractivity contribution in [2.75, 3.05) is 23.7 Å². The highest BCUT2D eigenvalue weighted by molar-refractivity contribution is 5.48. The second-order valence-electron chi connectivity index (χ2n) is 4.83. The van der Waals surface area contributed by atoms with E-state index in [0.29, 0.717) is 6.54 Å². The van der Waals surface area contributed by atoms with Crippen LogP contribution in [0.5, 0.6) is 0 Å². The summed E-state index contributed by atoms with van der Waals surface area (Å²) in [5.74, 6) is 2.42. The molecule has 0 amide bonds. The molecule has 1 aromatic heterocycles. The number of hydrogen-bond acceptors (Lipinski definition) is 5. The molecule has 1 aromatic rings. The fourth-order valence-corrected chi connectivity index (χ4v) is 1.37. The third-order valence-corrected chi connectivity index (χ3v) is 2.37. The maximum Gasteiger partial charge on any atom is 0.132 e. The van der Waals surface area contributed by atoms with E-state index in [1.807, 2.05) is 26.8 Å². The van der Waals surface area contributed by atoms with E-state index in [1.54, 1.807) is 0 Å². The van der Waals surface area contributed by atoms with Gasteiger partial charge in [-0.25, -0.2) is 9.97 Å². The summed E-state index contributed by atoms with van der Waals surface area (Å²) < 4.78 is 0. The maximum absolute atomic E-state index is 5.69. The summed E-state index contributed by atoms with van der Waals surface area (Å²) in [4.78, 5) is 8.69. The van der Waals surface area contributed by atoms with E-state index in [-0.39, 0.29) is 5.54 Å². The molecule has 0 radical (unpaired) electrons. The largest absolute Gasteiger partial charge is 0.370 e. The molecule has 0 unspecified atom stereocenters. The molecule has 0 aliphatic carbocycles. The molecular formula is C12H23N5. The Hall–Kier alpha value is -1.36. The lowest BCUT2D eigenvalue weighted by molar-refractivity contribution is 0.577. The minimum absolute atomic E-state index is 0.164. The Balaban J connectivity index is 2.82. The topological polar surface area (TPSA) is 75.9 Å². The smallest absolute Gasteiger partial charge is 0.132 e. The molecule has 0 aliphatic rings. The van der Waals surface area contributed by atoms with Gasteiger partial charge in [0.2, 0.25) is 0 Å². The number of aryl methyl sites for hydroxylation is 1. The normalized spacial score (nSPS) is 11.4. The number of anilines is 2. The van der Waals surface area contributed by atoms with Crippen LogP contribution in [-0.2, 0) is 0 Å². The van der Waals surface area contributed by atoms with Gasteiger partial charge in [-0.1, -0.05) is 6.92 Å². The zero-order chi connectivity index (χ0) is 12.9.